The molecule has 1 aliphatic heterocycles. The first-order valence-corrected chi connectivity index (χ1v) is 8.35. The van der Waals surface area contributed by atoms with Crippen LogP contribution in [0.1, 0.15) is 41.3 Å². The maximum atomic E-state index is 9.41. The van der Waals surface area contributed by atoms with Crippen molar-refractivity contribution in [1.29, 1.82) is 5.26 Å². The molecule has 0 spiro atoms. The molecule has 1 aliphatic rings. The average Bonchev–Trinajstić information content (AvgIpc) is 2.63. The monoisotopic (exact) mass is 322 g/mol. The molecule has 1 aromatic heterocycles. The Morgan fingerprint density at radius 3 is 2.79 bits per heavy atom. The molecule has 2 aromatic rings. The molecule has 2 unspecified atom stereocenters. The topological polar surface area (TPSA) is 70.8 Å². The molecule has 24 heavy (non-hydrogen) atoms. The number of nitriles is 1. The van der Waals surface area contributed by atoms with E-state index >= 15 is 0 Å². The maximum absolute atomic E-state index is 9.41. The van der Waals surface area contributed by atoms with Gasteiger partial charge in [-0.2, -0.15) is 10.4 Å². The molecule has 1 saturated heterocycles. The van der Waals surface area contributed by atoms with Crippen molar-refractivity contribution < 1.29 is 4.74 Å². The molecule has 1 fully saturated rings. The lowest BCUT2D eigenvalue weighted by atomic mass is 9.89. The second-order valence-corrected chi connectivity index (χ2v) is 6.23. The Kier molecular flexibility index (Phi) is 5.07. The van der Waals surface area contributed by atoms with Crippen molar-refractivity contribution >= 4 is 5.82 Å². The number of benzene rings is 1. The summed E-state index contributed by atoms with van der Waals surface area (Å²) in [7, 11) is 0. The molecule has 124 valence electrons. The highest BCUT2D eigenvalue weighted by molar-refractivity contribution is 5.55. The first-order chi connectivity index (χ1) is 11.7. The third kappa shape index (κ3) is 3.39. The Labute approximate surface area is 142 Å². The van der Waals surface area contributed by atoms with Gasteiger partial charge < -0.3 is 10.1 Å². The van der Waals surface area contributed by atoms with E-state index in [0.29, 0.717) is 23.8 Å². The Hall–Kier alpha value is -2.45. The lowest BCUT2D eigenvalue weighted by Gasteiger charge is -2.32. The van der Waals surface area contributed by atoms with Gasteiger partial charge in [-0.25, -0.2) is 0 Å². The smallest absolute Gasteiger partial charge is 0.166 e. The molecule has 0 radical (unpaired) electrons. The number of aromatic nitrogens is 2. The van der Waals surface area contributed by atoms with Gasteiger partial charge in [0, 0.05) is 19.1 Å². The number of nitrogens with zero attached hydrogens (tertiary/aromatic N) is 3. The van der Waals surface area contributed by atoms with Crippen LogP contribution in [-0.4, -0.2) is 23.3 Å². The molecule has 1 aromatic carbocycles. The number of hydrogen-bond donors (Lipinski definition) is 1. The fourth-order valence-electron chi connectivity index (χ4n) is 3.16. The molecule has 3 rings (SSSR count). The minimum Gasteiger partial charge on any atom is -0.373 e. The van der Waals surface area contributed by atoms with Crippen LogP contribution in [0.25, 0.3) is 0 Å². The normalized spacial score (nSPS) is 20.4. The van der Waals surface area contributed by atoms with Gasteiger partial charge in [-0.05, 0) is 37.8 Å². The van der Waals surface area contributed by atoms with Crippen LogP contribution in [0.5, 0.6) is 0 Å². The number of rotatable bonds is 4. The van der Waals surface area contributed by atoms with Gasteiger partial charge in [-0.1, -0.05) is 30.3 Å². The predicted octanol–water partition coefficient (Wildman–Crippen LogP) is 3.54. The highest BCUT2D eigenvalue weighted by atomic mass is 16.5. The number of ether oxygens (including phenoxy) is 1. The van der Waals surface area contributed by atoms with Crippen LogP contribution in [-0.2, 0) is 4.74 Å². The van der Waals surface area contributed by atoms with Crippen molar-refractivity contribution in [3.8, 4) is 6.07 Å². The zero-order valence-electron chi connectivity index (χ0n) is 14.1. The van der Waals surface area contributed by atoms with E-state index < -0.39 is 0 Å². The van der Waals surface area contributed by atoms with Crippen molar-refractivity contribution in [2.24, 2.45) is 5.92 Å². The summed E-state index contributed by atoms with van der Waals surface area (Å²) in [5.74, 6) is 0.911. The van der Waals surface area contributed by atoms with E-state index in [0.717, 1.165) is 30.7 Å². The molecule has 5 nitrogen and oxygen atoms in total. The fourth-order valence-corrected chi connectivity index (χ4v) is 3.16. The highest BCUT2D eigenvalue weighted by Gasteiger charge is 2.27. The van der Waals surface area contributed by atoms with Gasteiger partial charge in [0.05, 0.1) is 11.8 Å². The molecule has 2 atom stereocenters. The third-order valence-corrected chi connectivity index (χ3v) is 4.67. The number of aryl methyl sites for hydroxylation is 1. The van der Waals surface area contributed by atoms with E-state index in [9.17, 15) is 5.26 Å². The van der Waals surface area contributed by atoms with Crippen LogP contribution in [0.2, 0.25) is 0 Å². The summed E-state index contributed by atoms with van der Waals surface area (Å²) < 4.78 is 6.02. The first kappa shape index (κ1) is 16.4. The van der Waals surface area contributed by atoms with Crippen LogP contribution >= 0.6 is 0 Å². The van der Waals surface area contributed by atoms with Crippen molar-refractivity contribution in [3.63, 3.8) is 0 Å². The molecule has 0 aliphatic carbocycles. The summed E-state index contributed by atoms with van der Waals surface area (Å²) in [5.41, 5.74) is 3.46. The van der Waals surface area contributed by atoms with Gasteiger partial charge in [0.2, 0.25) is 0 Å². The Morgan fingerprint density at radius 2 is 2.04 bits per heavy atom. The largest absolute Gasteiger partial charge is 0.373 e. The van der Waals surface area contributed by atoms with E-state index in [1.807, 2.05) is 32.0 Å². The van der Waals surface area contributed by atoms with Gasteiger partial charge in [0.15, 0.2) is 5.82 Å². The second kappa shape index (κ2) is 7.41. The molecule has 0 amide bonds. The predicted molar refractivity (Wildman–Crippen MR) is 92.6 cm³/mol. The summed E-state index contributed by atoms with van der Waals surface area (Å²) in [4.78, 5) is 0. The van der Waals surface area contributed by atoms with Crippen molar-refractivity contribution in [2.75, 3.05) is 18.5 Å². The Bertz CT molecular complexity index is 739. The van der Waals surface area contributed by atoms with Crippen LogP contribution in [0.3, 0.4) is 0 Å². The first-order valence-electron chi connectivity index (χ1n) is 8.35. The Morgan fingerprint density at radius 1 is 1.25 bits per heavy atom. The fraction of sp³-hybridized carbons (Fsp3) is 0.421. The van der Waals surface area contributed by atoms with E-state index in [1.165, 1.54) is 5.56 Å². The van der Waals surface area contributed by atoms with Crippen molar-refractivity contribution in [1.82, 2.24) is 10.2 Å². The van der Waals surface area contributed by atoms with Gasteiger partial charge in [0.25, 0.3) is 0 Å². The van der Waals surface area contributed by atoms with Gasteiger partial charge in [0.1, 0.15) is 11.6 Å². The number of anilines is 1. The average molecular weight is 322 g/mol. The van der Waals surface area contributed by atoms with Crippen LogP contribution in [0.15, 0.2) is 30.3 Å². The van der Waals surface area contributed by atoms with E-state index in [2.05, 4.69) is 33.7 Å². The molecule has 2 heterocycles. The van der Waals surface area contributed by atoms with Crippen molar-refractivity contribution in [2.45, 2.75) is 32.8 Å². The molecular weight excluding hydrogens is 300 g/mol. The quantitative estimate of drug-likeness (QED) is 0.932. The molecule has 5 heteroatoms. The zero-order valence-corrected chi connectivity index (χ0v) is 14.1. The highest BCUT2D eigenvalue weighted by Crippen LogP contribution is 2.33. The summed E-state index contributed by atoms with van der Waals surface area (Å²) in [5, 5.41) is 21.0. The summed E-state index contributed by atoms with van der Waals surface area (Å²) >= 11 is 0. The number of nitrogens with one attached hydrogen (secondary N) is 1. The van der Waals surface area contributed by atoms with Crippen LogP contribution in [0, 0.1) is 31.1 Å². The summed E-state index contributed by atoms with van der Waals surface area (Å²) in [6.07, 6.45) is 2.23. The van der Waals surface area contributed by atoms with E-state index in [-0.39, 0.29) is 6.10 Å². The van der Waals surface area contributed by atoms with E-state index in [4.69, 9.17) is 4.74 Å². The SMILES string of the molecule is Cc1nnc(NCC2CCCOC2c2ccccc2)c(C#N)c1C. The second-order valence-electron chi connectivity index (χ2n) is 6.23. The molecule has 0 saturated carbocycles. The summed E-state index contributed by atoms with van der Waals surface area (Å²) in [6, 6.07) is 12.6. The number of hydrogen-bond acceptors (Lipinski definition) is 5. The lowest BCUT2D eigenvalue weighted by molar-refractivity contribution is -0.0238. The Balaban J connectivity index is 1.76. The summed E-state index contributed by atoms with van der Waals surface area (Å²) in [6.45, 7) is 5.28. The standard InChI is InChI=1S/C19H22N4O/c1-13-14(2)22-23-19(17(13)11-20)21-12-16-9-6-10-24-18(16)15-7-4-3-5-8-15/h3-5,7-8,16,18H,6,9-10,12H2,1-2H3,(H,21,23). The molecular formula is C19H22N4O. The molecule has 0 bridgehead atoms. The van der Waals surface area contributed by atoms with Crippen LogP contribution < -0.4 is 5.32 Å². The minimum atomic E-state index is 0.0810. The van der Waals surface area contributed by atoms with E-state index in [1.54, 1.807) is 0 Å². The van der Waals surface area contributed by atoms with Crippen LogP contribution in [0.4, 0.5) is 5.82 Å². The lowest BCUT2D eigenvalue weighted by Crippen LogP contribution is -2.28. The molecule has 1 N–H and O–H groups in total. The minimum absolute atomic E-state index is 0.0810. The van der Waals surface area contributed by atoms with Gasteiger partial charge >= 0.3 is 0 Å². The van der Waals surface area contributed by atoms with Crippen molar-refractivity contribution in [3.05, 3.63) is 52.7 Å². The third-order valence-electron chi connectivity index (χ3n) is 4.67. The zero-order chi connectivity index (χ0) is 16.9. The maximum Gasteiger partial charge on any atom is 0.166 e. The van der Waals surface area contributed by atoms with Gasteiger partial charge in [-0.3, -0.25) is 0 Å². The van der Waals surface area contributed by atoms with Gasteiger partial charge in [-0.15, -0.1) is 5.10 Å².